The summed E-state index contributed by atoms with van der Waals surface area (Å²) in [6.45, 7) is 2.51. The van der Waals surface area contributed by atoms with Gasteiger partial charge in [-0.3, -0.25) is 0 Å². The Morgan fingerprint density at radius 3 is 3.00 bits per heavy atom. The molecule has 0 radical (unpaired) electrons. The minimum Gasteiger partial charge on any atom is -0.379 e. The Hall–Kier alpha value is -1.93. The summed E-state index contributed by atoms with van der Waals surface area (Å²) in [4.78, 5) is 4.30. The third-order valence-corrected chi connectivity index (χ3v) is 3.05. The number of thiazole rings is 1. The largest absolute Gasteiger partial charge is 0.379 e. The quantitative estimate of drug-likeness (QED) is 0.906. The van der Waals surface area contributed by atoms with Gasteiger partial charge < -0.3 is 5.32 Å². The Labute approximate surface area is 103 Å². The zero-order valence-electron chi connectivity index (χ0n) is 9.20. The number of anilines is 1. The van der Waals surface area contributed by atoms with Crippen molar-refractivity contribution in [2.75, 3.05) is 5.32 Å². The number of nitrogens with zero attached hydrogens (tertiary/aromatic N) is 2. The van der Waals surface area contributed by atoms with Crippen LogP contribution in [0.2, 0.25) is 0 Å². The molecule has 0 spiro atoms. The van der Waals surface area contributed by atoms with Crippen molar-refractivity contribution in [3.8, 4) is 6.07 Å². The molecule has 2 rings (SSSR count). The van der Waals surface area contributed by atoms with Gasteiger partial charge in [0.2, 0.25) is 0 Å². The molecule has 0 bridgehead atoms. The summed E-state index contributed by atoms with van der Waals surface area (Å²) >= 11 is 1.59. The van der Waals surface area contributed by atoms with Crippen molar-refractivity contribution < 1.29 is 4.39 Å². The normalized spacial score (nSPS) is 9.94. The lowest BCUT2D eigenvalue weighted by Crippen LogP contribution is -2.00. The lowest BCUT2D eigenvalue weighted by molar-refractivity contribution is 0.624. The van der Waals surface area contributed by atoms with Gasteiger partial charge in [0.1, 0.15) is 11.9 Å². The summed E-state index contributed by atoms with van der Waals surface area (Å²) in [5.41, 5.74) is 1.70. The second-order valence-corrected chi connectivity index (χ2v) is 4.58. The zero-order valence-corrected chi connectivity index (χ0v) is 10.0. The summed E-state index contributed by atoms with van der Waals surface area (Å²) in [6.07, 6.45) is 0. The van der Waals surface area contributed by atoms with Crippen molar-refractivity contribution in [1.29, 1.82) is 5.26 Å². The van der Waals surface area contributed by atoms with Crippen LogP contribution in [0.25, 0.3) is 0 Å². The predicted octanol–water partition coefficient (Wildman–Crippen LogP) is 3.07. The highest BCUT2D eigenvalue weighted by Crippen LogP contribution is 2.15. The van der Waals surface area contributed by atoms with Crippen LogP contribution in [0, 0.1) is 24.1 Å². The van der Waals surface area contributed by atoms with E-state index in [9.17, 15) is 4.39 Å². The van der Waals surface area contributed by atoms with E-state index < -0.39 is 5.82 Å². The maximum Gasteiger partial charge on any atom is 0.141 e. The second-order valence-electron chi connectivity index (χ2n) is 3.52. The third kappa shape index (κ3) is 2.80. The van der Waals surface area contributed by atoms with Crippen molar-refractivity contribution in [3.05, 3.63) is 45.7 Å². The minimum absolute atomic E-state index is 0.0458. The topological polar surface area (TPSA) is 48.7 Å². The highest BCUT2D eigenvalue weighted by Gasteiger charge is 2.03. The first-order valence-corrected chi connectivity index (χ1v) is 5.91. The molecule has 2 aromatic rings. The van der Waals surface area contributed by atoms with Crippen LogP contribution in [0.1, 0.15) is 16.3 Å². The number of hydrogen-bond donors (Lipinski definition) is 1. The van der Waals surface area contributed by atoms with Crippen molar-refractivity contribution in [2.24, 2.45) is 0 Å². The van der Waals surface area contributed by atoms with E-state index in [2.05, 4.69) is 10.3 Å². The monoisotopic (exact) mass is 247 g/mol. The molecule has 3 nitrogen and oxygen atoms in total. The molecule has 0 unspecified atom stereocenters. The summed E-state index contributed by atoms with van der Waals surface area (Å²) < 4.78 is 13.1. The van der Waals surface area contributed by atoms with Crippen LogP contribution in [-0.2, 0) is 6.54 Å². The van der Waals surface area contributed by atoms with Gasteiger partial charge in [0.25, 0.3) is 0 Å². The second kappa shape index (κ2) is 4.93. The van der Waals surface area contributed by atoms with Gasteiger partial charge in [-0.1, -0.05) is 0 Å². The number of rotatable bonds is 3. The fourth-order valence-corrected chi connectivity index (χ4v) is 2.02. The Morgan fingerprint density at radius 1 is 1.53 bits per heavy atom. The number of aryl methyl sites for hydroxylation is 1. The smallest absolute Gasteiger partial charge is 0.141 e. The fourth-order valence-electron chi connectivity index (χ4n) is 1.40. The first-order chi connectivity index (χ1) is 8.19. The SMILES string of the molecule is Cc1nc(CNc2ccc(F)c(C#N)c2)cs1. The van der Waals surface area contributed by atoms with Crippen LogP contribution in [0.5, 0.6) is 0 Å². The summed E-state index contributed by atoms with van der Waals surface area (Å²) in [5, 5.41) is 14.8. The first-order valence-electron chi connectivity index (χ1n) is 5.03. The fraction of sp³-hybridized carbons (Fsp3) is 0.167. The molecule has 0 saturated carbocycles. The molecule has 0 aliphatic rings. The van der Waals surface area contributed by atoms with Gasteiger partial charge in [0.15, 0.2) is 0 Å². The lowest BCUT2D eigenvalue weighted by atomic mass is 10.2. The first kappa shape index (κ1) is 11.6. The molecular formula is C12H10FN3S. The van der Waals surface area contributed by atoms with Gasteiger partial charge in [0.05, 0.1) is 22.8 Å². The van der Waals surface area contributed by atoms with E-state index in [1.165, 1.54) is 12.1 Å². The average Bonchev–Trinajstić information content (AvgIpc) is 2.74. The van der Waals surface area contributed by atoms with E-state index in [1.807, 2.05) is 18.4 Å². The average molecular weight is 247 g/mol. The predicted molar refractivity (Wildman–Crippen MR) is 65.3 cm³/mol. The molecule has 1 aromatic carbocycles. The Kier molecular flexibility index (Phi) is 3.35. The van der Waals surface area contributed by atoms with Gasteiger partial charge in [-0.2, -0.15) is 5.26 Å². The number of hydrogen-bond acceptors (Lipinski definition) is 4. The minimum atomic E-state index is -0.498. The number of nitriles is 1. The zero-order chi connectivity index (χ0) is 12.3. The number of nitrogens with one attached hydrogen (secondary N) is 1. The molecular weight excluding hydrogens is 237 g/mol. The van der Waals surface area contributed by atoms with Crippen LogP contribution in [0.15, 0.2) is 23.6 Å². The van der Waals surface area contributed by atoms with E-state index in [1.54, 1.807) is 17.4 Å². The lowest BCUT2D eigenvalue weighted by Gasteiger charge is -2.04. The molecule has 86 valence electrons. The molecule has 0 fully saturated rings. The number of benzene rings is 1. The van der Waals surface area contributed by atoms with Crippen LogP contribution in [0.3, 0.4) is 0 Å². The summed E-state index contributed by atoms with van der Waals surface area (Å²) in [7, 11) is 0. The van der Waals surface area contributed by atoms with Crippen molar-refractivity contribution in [3.63, 3.8) is 0 Å². The van der Waals surface area contributed by atoms with Gasteiger partial charge in [-0.05, 0) is 25.1 Å². The summed E-state index contributed by atoms with van der Waals surface area (Å²) in [6, 6.07) is 6.20. The van der Waals surface area contributed by atoms with Crippen LogP contribution in [-0.4, -0.2) is 4.98 Å². The molecule has 0 atom stereocenters. The van der Waals surface area contributed by atoms with E-state index in [0.29, 0.717) is 12.2 Å². The van der Waals surface area contributed by atoms with Crippen LogP contribution >= 0.6 is 11.3 Å². The number of aromatic nitrogens is 1. The van der Waals surface area contributed by atoms with Gasteiger partial charge in [0, 0.05) is 11.1 Å². The van der Waals surface area contributed by atoms with E-state index >= 15 is 0 Å². The van der Waals surface area contributed by atoms with Gasteiger partial charge in [-0.25, -0.2) is 9.37 Å². The standard InChI is InChI=1S/C12H10FN3S/c1-8-16-11(7-17-8)6-15-10-2-3-12(13)9(4-10)5-14/h2-4,7,15H,6H2,1H3. The Balaban J connectivity index is 2.07. The Bertz CT molecular complexity index is 571. The van der Waals surface area contributed by atoms with E-state index in [-0.39, 0.29) is 5.56 Å². The highest BCUT2D eigenvalue weighted by atomic mass is 32.1. The van der Waals surface area contributed by atoms with Crippen molar-refractivity contribution in [1.82, 2.24) is 4.98 Å². The van der Waals surface area contributed by atoms with Crippen molar-refractivity contribution >= 4 is 17.0 Å². The third-order valence-electron chi connectivity index (χ3n) is 2.23. The maximum absolute atomic E-state index is 13.1. The molecule has 0 aliphatic heterocycles. The van der Waals surface area contributed by atoms with E-state index in [0.717, 1.165) is 10.7 Å². The molecule has 0 saturated heterocycles. The van der Waals surface area contributed by atoms with Gasteiger partial charge in [-0.15, -0.1) is 11.3 Å². The maximum atomic E-state index is 13.1. The Morgan fingerprint density at radius 2 is 2.35 bits per heavy atom. The van der Waals surface area contributed by atoms with E-state index in [4.69, 9.17) is 5.26 Å². The highest BCUT2D eigenvalue weighted by molar-refractivity contribution is 7.09. The molecule has 0 aliphatic carbocycles. The molecule has 0 amide bonds. The van der Waals surface area contributed by atoms with Crippen molar-refractivity contribution in [2.45, 2.75) is 13.5 Å². The molecule has 17 heavy (non-hydrogen) atoms. The van der Waals surface area contributed by atoms with Gasteiger partial charge >= 0.3 is 0 Å². The molecule has 5 heteroatoms. The molecule has 1 aromatic heterocycles. The molecule has 1 heterocycles. The van der Waals surface area contributed by atoms with Crippen LogP contribution in [0.4, 0.5) is 10.1 Å². The van der Waals surface area contributed by atoms with Crippen LogP contribution < -0.4 is 5.32 Å². The summed E-state index contributed by atoms with van der Waals surface area (Å²) in [5.74, 6) is -0.498. The molecule has 1 N–H and O–H groups in total. The number of halogens is 1.